The van der Waals surface area contributed by atoms with Crippen LogP contribution in [0.3, 0.4) is 0 Å². The van der Waals surface area contributed by atoms with Gasteiger partial charge in [-0.25, -0.2) is 0 Å². The van der Waals surface area contributed by atoms with Gasteiger partial charge in [0.15, 0.2) is 0 Å². The summed E-state index contributed by atoms with van der Waals surface area (Å²) in [6.07, 6.45) is 0. The third kappa shape index (κ3) is 2.82. The van der Waals surface area contributed by atoms with E-state index in [4.69, 9.17) is 10.5 Å². The smallest absolute Gasteiger partial charge is 0.124 e. The first-order valence-electron chi connectivity index (χ1n) is 5.29. The van der Waals surface area contributed by atoms with Crippen molar-refractivity contribution in [1.82, 2.24) is 0 Å². The number of nitrogens with two attached hydrogens (primary N) is 1. The number of hydrogen-bond donors (Lipinski definition) is 1. The summed E-state index contributed by atoms with van der Waals surface area (Å²) in [4.78, 5) is 1.19. The third-order valence-corrected chi connectivity index (χ3v) is 4.51. The van der Waals surface area contributed by atoms with Gasteiger partial charge in [0.25, 0.3) is 0 Å². The van der Waals surface area contributed by atoms with E-state index in [9.17, 15) is 0 Å². The minimum Gasteiger partial charge on any atom is -0.488 e. The molecule has 0 atom stereocenters. The molecule has 0 spiro atoms. The van der Waals surface area contributed by atoms with Crippen molar-refractivity contribution in [2.24, 2.45) is 0 Å². The van der Waals surface area contributed by atoms with Crippen LogP contribution >= 0.6 is 27.3 Å². The molecule has 0 saturated heterocycles. The highest BCUT2D eigenvalue weighted by Crippen LogP contribution is 2.28. The van der Waals surface area contributed by atoms with E-state index in [2.05, 4.69) is 15.9 Å². The summed E-state index contributed by atoms with van der Waals surface area (Å²) in [6, 6.07) is 5.98. The van der Waals surface area contributed by atoms with Crippen LogP contribution in [0.15, 0.2) is 28.1 Å². The van der Waals surface area contributed by atoms with Gasteiger partial charge in [-0.1, -0.05) is 0 Å². The molecule has 0 unspecified atom stereocenters. The third-order valence-electron chi connectivity index (χ3n) is 2.61. The zero-order valence-corrected chi connectivity index (χ0v) is 12.2. The van der Waals surface area contributed by atoms with Gasteiger partial charge in [-0.3, -0.25) is 0 Å². The van der Waals surface area contributed by atoms with E-state index in [0.29, 0.717) is 6.61 Å². The lowest BCUT2D eigenvalue weighted by Crippen LogP contribution is -1.98. The topological polar surface area (TPSA) is 35.2 Å². The Morgan fingerprint density at radius 3 is 2.71 bits per heavy atom. The number of benzene rings is 1. The lowest BCUT2D eigenvalue weighted by atomic mass is 10.1. The van der Waals surface area contributed by atoms with Gasteiger partial charge >= 0.3 is 0 Å². The molecule has 2 nitrogen and oxygen atoms in total. The molecule has 0 amide bonds. The van der Waals surface area contributed by atoms with Crippen molar-refractivity contribution < 1.29 is 4.74 Å². The van der Waals surface area contributed by atoms with Crippen molar-refractivity contribution in [3.05, 3.63) is 44.1 Å². The highest BCUT2D eigenvalue weighted by molar-refractivity contribution is 9.10. The van der Waals surface area contributed by atoms with E-state index >= 15 is 0 Å². The minimum absolute atomic E-state index is 0.586. The van der Waals surface area contributed by atoms with Gasteiger partial charge in [-0.2, -0.15) is 0 Å². The van der Waals surface area contributed by atoms with E-state index < -0.39 is 0 Å². The van der Waals surface area contributed by atoms with Gasteiger partial charge in [-0.15, -0.1) is 11.3 Å². The monoisotopic (exact) mass is 311 g/mol. The number of aryl methyl sites for hydroxylation is 2. The summed E-state index contributed by atoms with van der Waals surface area (Å²) in [7, 11) is 0. The van der Waals surface area contributed by atoms with Crippen LogP contribution in [0.1, 0.15) is 16.0 Å². The zero-order chi connectivity index (χ0) is 12.4. The molecule has 0 aliphatic carbocycles. The van der Waals surface area contributed by atoms with Gasteiger partial charge in [-0.05, 0) is 64.5 Å². The molecule has 4 heteroatoms. The van der Waals surface area contributed by atoms with Gasteiger partial charge in [0.05, 0.1) is 4.88 Å². The van der Waals surface area contributed by atoms with Crippen molar-refractivity contribution in [3.8, 4) is 5.75 Å². The molecule has 0 saturated carbocycles. The largest absolute Gasteiger partial charge is 0.488 e. The van der Waals surface area contributed by atoms with Gasteiger partial charge in [0.2, 0.25) is 0 Å². The Kier molecular flexibility index (Phi) is 3.74. The number of rotatable bonds is 3. The first kappa shape index (κ1) is 12.5. The predicted octanol–water partition coefficient (Wildman–Crippen LogP) is 4.29. The van der Waals surface area contributed by atoms with E-state index in [-0.39, 0.29) is 0 Å². The molecule has 0 aliphatic rings. The molecule has 17 heavy (non-hydrogen) atoms. The van der Waals surface area contributed by atoms with Crippen LogP contribution in [-0.4, -0.2) is 0 Å². The predicted molar refractivity (Wildman–Crippen MR) is 76.7 cm³/mol. The minimum atomic E-state index is 0.586. The molecule has 0 fully saturated rings. The molecule has 0 radical (unpaired) electrons. The normalized spacial score (nSPS) is 10.5. The van der Waals surface area contributed by atoms with Crippen LogP contribution < -0.4 is 10.5 Å². The van der Waals surface area contributed by atoms with E-state index in [1.807, 2.05) is 37.4 Å². The Hall–Kier alpha value is -1.00. The first-order chi connectivity index (χ1) is 8.08. The fourth-order valence-corrected chi connectivity index (χ4v) is 2.92. The molecular formula is C13H14BrNOS. The van der Waals surface area contributed by atoms with Gasteiger partial charge < -0.3 is 10.5 Å². The first-order valence-corrected chi connectivity index (χ1v) is 6.96. The summed E-state index contributed by atoms with van der Waals surface area (Å²) < 4.78 is 6.93. The van der Waals surface area contributed by atoms with Crippen LogP contribution in [0.2, 0.25) is 0 Å². The number of hydrogen-bond acceptors (Lipinski definition) is 3. The second-order valence-corrected chi connectivity index (χ2v) is 5.81. The van der Waals surface area contributed by atoms with E-state index in [0.717, 1.165) is 27.0 Å². The average Bonchev–Trinajstić information content (AvgIpc) is 2.68. The Morgan fingerprint density at radius 2 is 2.06 bits per heavy atom. The maximum atomic E-state index is 5.84. The summed E-state index contributed by atoms with van der Waals surface area (Å²) in [5, 5.41) is 2.05. The molecular weight excluding hydrogens is 298 g/mol. The summed E-state index contributed by atoms with van der Waals surface area (Å²) >= 11 is 5.18. The molecule has 2 aromatic rings. The number of thiophene rings is 1. The fourth-order valence-electron chi connectivity index (χ4n) is 1.54. The standard InChI is InChI=1S/C13H14BrNOS/c1-8-6-12(9(2)5-11(8)15)16-7-13-10(14)3-4-17-13/h3-6H,7,15H2,1-2H3. The molecule has 90 valence electrons. The Bertz CT molecular complexity index is 536. The molecule has 1 aromatic carbocycles. The van der Waals surface area contributed by atoms with Gasteiger partial charge in [0, 0.05) is 10.2 Å². The van der Waals surface area contributed by atoms with Crippen molar-refractivity contribution in [1.29, 1.82) is 0 Å². The second kappa shape index (κ2) is 5.10. The molecule has 2 rings (SSSR count). The maximum absolute atomic E-state index is 5.84. The Labute approximate surface area is 114 Å². The lowest BCUT2D eigenvalue weighted by molar-refractivity contribution is 0.307. The Balaban J connectivity index is 2.14. The van der Waals surface area contributed by atoms with Crippen LogP contribution in [0.4, 0.5) is 5.69 Å². The highest BCUT2D eigenvalue weighted by atomic mass is 79.9. The van der Waals surface area contributed by atoms with Crippen molar-refractivity contribution in [2.45, 2.75) is 20.5 Å². The SMILES string of the molecule is Cc1cc(OCc2sccc2Br)c(C)cc1N. The van der Waals surface area contributed by atoms with Crippen LogP contribution in [0.25, 0.3) is 0 Å². The van der Waals surface area contributed by atoms with Crippen LogP contribution in [-0.2, 0) is 6.61 Å². The van der Waals surface area contributed by atoms with Crippen molar-refractivity contribution in [3.63, 3.8) is 0 Å². The second-order valence-electron chi connectivity index (χ2n) is 3.95. The number of ether oxygens (including phenoxy) is 1. The number of halogens is 1. The molecule has 1 aromatic heterocycles. The number of anilines is 1. The zero-order valence-electron chi connectivity index (χ0n) is 9.79. The number of nitrogen functional groups attached to an aromatic ring is 1. The maximum Gasteiger partial charge on any atom is 0.124 e. The molecule has 0 bridgehead atoms. The Morgan fingerprint density at radius 1 is 1.29 bits per heavy atom. The average molecular weight is 312 g/mol. The molecule has 1 heterocycles. The summed E-state index contributed by atoms with van der Waals surface area (Å²) in [6.45, 7) is 4.58. The summed E-state index contributed by atoms with van der Waals surface area (Å²) in [5.41, 5.74) is 8.78. The van der Waals surface area contributed by atoms with Crippen LogP contribution in [0.5, 0.6) is 5.75 Å². The van der Waals surface area contributed by atoms with Crippen molar-refractivity contribution in [2.75, 3.05) is 5.73 Å². The quantitative estimate of drug-likeness (QED) is 0.858. The van der Waals surface area contributed by atoms with E-state index in [1.54, 1.807) is 11.3 Å². The van der Waals surface area contributed by atoms with Crippen LogP contribution in [0, 0.1) is 13.8 Å². The molecule has 2 N–H and O–H groups in total. The van der Waals surface area contributed by atoms with Gasteiger partial charge in [0.1, 0.15) is 12.4 Å². The van der Waals surface area contributed by atoms with Crippen molar-refractivity contribution >= 4 is 33.0 Å². The summed E-state index contributed by atoms with van der Waals surface area (Å²) in [5.74, 6) is 0.900. The molecule has 0 aliphatic heterocycles. The van der Waals surface area contributed by atoms with E-state index in [1.165, 1.54) is 4.88 Å². The highest BCUT2D eigenvalue weighted by Gasteiger charge is 2.06. The fraction of sp³-hybridized carbons (Fsp3) is 0.231. The lowest BCUT2D eigenvalue weighted by Gasteiger charge is -2.11.